The first kappa shape index (κ1) is 12.2. The quantitative estimate of drug-likeness (QED) is 0.672. The summed E-state index contributed by atoms with van der Waals surface area (Å²) >= 11 is 3.00. The van der Waals surface area contributed by atoms with E-state index in [1.54, 1.807) is 0 Å². The second-order valence-corrected chi connectivity index (χ2v) is 3.82. The van der Waals surface area contributed by atoms with E-state index >= 15 is 0 Å². The third-order valence-corrected chi connectivity index (χ3v) is 2.21. The van der Waals surface area contributed by atoms with Crippen molar-refractivity contribution in [3.8, 4) is 0 Å². The van der Waals surface area contributed by atoms with Crippen LogP contribution in [-0.2, 0) is 11.3 Å². The van der Waals surface area contributed by atoms with E-state index in [0.717, 1.165) is 4.57 Å². The number of hydrogen-bond donors (Lipinski definition) is 3. The molecule has 0 bridgehead atoms. The average Bonchev–Trinajstić information content (AvgIpc) is 2.11. The topological polar surface area (TPSA) is 120 Å². The Bertz CT molecular complexity index is 497. The number of nitrogens with one attached hydrogen (secondary N) is 1. The van der Waals surface area contributed by atoms with Crippen LogP contribution in [0.3, 0.4) is 0 Å². The van der Waals surface area contributed by atoms with Crippen LogP contribution in [0.2, 0.25) is 0 Å². The van der Waals surface area contributed by atoms with Crippen LogP contribution >= 0.6 is 15.9 Å². The molecule has 0 fully saturated rings. The van der Waals surface area contributed by atoms with Crippen LogP contribution in [0, 0.1) is 0 Å². The van der Waals surface area contributed by atoms with Crippen LogP contribution in [0.25, 0.3) is 0 Å². The number of aromatic nitrogens is 1. The third-order valence-electron chi connectivity index (χ3n) is 1.64. The molecule has 86 valence electrons. The lowest BCUT2D eigenvalue weighted by Crippen LogP contribution is -2.39. The van der Waals surface area contributed by atoms with Crippen molar-refractivity contribution in [1.29, 1.82) is 0 Å². The van der Waals surface area contributed by atoms with Gasteiger partial charge in [0.05, 0.1) is 4.47 Å². The van der Waals surface area contributed by atoms with Gasteiger partial charge in [-0.25, -0.2) is 4.79 Å². The molecule has 0 aliphatic heterocycles. The number of anilines is 1. The van der Waals surface area contributed by atoms with Crippen LogP contribution in [0.4, 0.5) is 10.5 Å². The molecule has 0 aromatic carbocycles. The highest BCUT2D eigenvalue weighted by Gasteiger charge is 2.08. The summed E-state index contributed by atoms with van der Waals surface area (Å²) in [6.45, 7) is -0.328. The van der Waals surface area contributed by atoms with Crippen LogP contribution in [-0.4, -0.2) is 16.5 Å². The number of carbonyl (C=O) groups is 2. The smallest absolute Gasteiger partial charge is 0.318 e. The Labute approximate surface area is 98.5 Å². The molecular weight excluding hydrogens is 280 g/mol. The third kappa shape index (κ3) is 3.09. The highest BCUT2D eigenvalue weighted by molar-refractivity contribution is 9.10. The summed E-state index contributed by atoms with van der Waals surface area (Å²) in [5.74, 6) is -0.688. The molecule has 0 aliphatic rings. The van der Waals surface area contributed by atoms with E-state index in [1.165, 1.54) is 12.3 Å². The van der Waals surface area contributed by atoms with Crippen molar-refractivity contribution >= 4 is 33.6 Å². The van der Waals surface area contributed by atoms with Crippen molar-refractivity contribution in [2.24, 2.45) is 5.73 Å². The van der Waals surface area contributed by atoms with Gasteiger partial charge in [0.1, 0.15) is 6.54 Å². The average molecular weight is 289 g/mol. The summed E-state index contributed by atoms with van der Waals surface area (Å²) in [6.07, 6.45) is 1.30. The Morgan fingerprint density at radius 3 is 2.69 bits per heavy atom. The van der Waals surface area contributed by atoms with E-state index in [0.29, 0.717) is 5.69 Å². The van der Waals surface area contributed by atoms with Gasteiger partial charge in [0.25, 0.3) is 5.56 Å². The number of rotatable bonds is 2. The minimum Gasteiger partial charge on any atom is -0.398 e. The number of imide groups is 1. The van der Waals surface area contributed by atoms with Gasteiger partial charge in [0.15, 0.2) is 0 Å². The van der Waals surface area contributed by atoms with Gasteiger partial charge in [-0.2, -0.15) is 0 Å². The first-order valence-corrected chi connectivity index (χ1v) is 4.94. The first-order valence-electron chi connectivity index (χ1n) is 4.15. The highest BCUT2D eigenvalue weighted by atomic mass is 79.9. The maximum absolute atomic E-state index is 11.5. The fourth-order valence-electron chi connectivity index (χ4n) is 1.07. The molecule has 0 unspecified atom stereocenters. The van der Waals surface area contributed by atoms with Gasteiger partial charge < -0.3 is 16.0 Å². The SMILES string of the molecule is NC(=O)NC(=O)Cn1cc(N)cc(Br)c1=O. The van der Waals surface area contributed by atoms with Crippen molar-refractivity contribution in [2.75, 3.05) is 5.73 Å². The number of carbonyl (C=O) groups excluding carboxylic acids is 2. The fourth-order valence-corrected chi connectivity index (χ4v) is 1.56. The lowest BCUT2D eigenvalue weighted by atomic mass is 10.4. The molecule has 0 aliphatic carbocycles. The summed E-state index contributed by atoms with van der Waals surface area (Å²) in [7, 11) is 0. The minimum atomic E-state index is -0.971. The molecule has 3 amide bonds. The summed E-state index contributed by atoms with van der Waals surface area (Å²) < 4.78 is 1.30. The maximum atomic E-state index is 11.5. The zero-order valence-corrected chi connectivity index (χ0v) is 9.65. The number of halogens is 1. The minimum absolute atomic E-state index is 0.236. The number of nitrogens with two attached hydrogens (primary N) is 2. The lowest BCUT2D eigenvalue weighted by Gasteiger charge is -2.06. The van der Waals surface area contributed by atoms with E-state index < -0.39 is 17.5 Å². The molecule has 7 nitrogen and oxygen atoms in total. The van der Waals surface area contributed by atoms with Gasteiger partial charge in [-0.1, -0.05) is 0 Å². The van der Waals surface area contributed by atoms with E-state index in [9.17, 15) is 14.4 Å². The van der Waals surface area contributed by atoms with Crippen molar-refractivity contribution in [2.45, 2.75) is 6.54 Å². The Hall–Kier alpha value is -1.83. The van der Waals surface area contributed by atoms with Gasteiger partial charge in [0.2, 0.25) is 5.91 Å². The Kier molecular flexibility index (Phi) is 3.67. The van der Waals surface area contributed by atoms with E-state index in [4.69, 9.17) is 11.5 Å². The number of pyridine rings is 1. The lowest BCUT2D eigenvalue weighted by molar-refractivity contribution is -0.120. The van der Waals surface area contributed by atoms with Crippen molar-refractivity contribution in [3.05, 3.63) is 27.1 Å². The molecule has 8 heteroatoms. The van der Waals surface area contributed by atoms with Crippen molar-refractivity contribution in [3.63, 3.8) is 0 Å². The van der Waals surface area contributed by atoms with Crippen LogP contribution in [0.5, 0.6) is 0 Å². The second-order valence-electron chi connectivity index (χ2n) is 2.97. The molecule has 0 spiro atoms. The molecule has 0 saturated carbocycles. The number of urea groups is 1. The Morgan fingerprint density at radius 2 is 2.12 bits per heavy atom. The number of primary amides is 1. The summed E-state index contributed by atoms with van der Waals surface area (Å²) in [6, 6.07) is 0.450. The molecule has 1 rings (SSSR count). The van der Waals surface area contributed by atoms with Gasteiger partial charge in [-0.15, -0.1) is 0 Å². The Morgan fingerprint density at radius 1 is 1.50 bits per heavy atom. The largest absolute Gasteiger partial charge is 0.398 e. The van der Waals surface area contributed by atoms with Crippen LogP contribution in [0.15, 0.2) is 21.5 Å². The number of hydrogen-bond acceptors (Lipinski definition) is 4. The molecule has 1 aromatic rings. The number of amides is 3. The van der Waals surface area contributed by atoms with E-state index in [1.807, 2.05) is 5.32 Å². The Balaban J connectivity index is 2.93. The number of nitrogens with zero attached hydrogens (tertiary/aromatic N) is 1. The summed E-state index contributed by atoms with van der Waals surface area (Å²) in [5.41, 5.74) is 10.1. The van der Waals surface area contributed by atoms with E-state index in [-0.39, 0.29) is 11.0 Å². The number of nitrogen functional groups attached to an aromatic ring is 1. The molecule has 1 aromatic heterocycles. The van der Waals surface area contributed by atoms with Gasteiger partial charge >= 0.3 is 6.03 Å². The molecule has 5 N–H and O–H groups in total. The fraction of sp³-hybridized carbons (Fsp3) is 0.125. The highest BCUT2D eigenvalue weighted by Crippen LogP contribution is 2.07. The zero-order chi connectivity index (χ0) is 12.3. The van der Waals surface area contributed by atoms with Crippen LogP contribution < -0.4 is 22.3 Å². The van der Waals surface area contributed by atoms with Gasteiger partial charge in [-0.05, 0) is 22.0 Å². The van der Waals surface area contributed by atoms with Gasteiger partial charge in [0, 0.05) is 11.9 Å². The zero-order valence-electron chi connectivity index (χ0n) is 8.07. The van der Waals surface area contributed by atoms with Crippen LogP contribution in [0.1, 0.15) is 0 Å². The van der Waals surface area contributed by atoms with Crippen molar-refractivity contribution < 1.29 is 9.59 Å². The molecule has 0 saturated heterocycles. The van der Waals surface area contributed by atoms with E-state index in [2.05, 4.69) is 15.9 Å². The molecule has 16 heavy (non-hydrogen) atoms. The normalized spacial score (nSPS) is 9.81. The second kappa shape index (κ2) is 4.79. The summed E-state index contributed by atoms with van der Waals surface area (Å²) in [4.78, 5) is 33.1. The molecule has 0 atom stereocenters. The standard InChI is InChI=1S/C8H9BrN4O3/c9-5-1-4(10)2-13(7(5)15)3-6(14)12-8(11)16/h1-2H,3,10H2,(H3,11,12,14,16). The molecular formula is C8H9BrN4O3. The molecule has 1 heterocycles. The maximum Gasteiger partial charge on any atom is 0.318 e. The van der Waals surface area contributed by atoms with Crippen molar-refractivity contribution in [1.82, 2.24) is 9.88 Å². The monoisotopic (exact) mass is 288 g/mol. The molecule has 0 radical (unpaired) electrons. The predicted octanol–water partition coefficient (Wildman–Crippen LogP) is -0.612. The van der Waals surface area contributed by atoms with Gasteiger partial charge in [-0.3, -0.25) is 14.9 Å². The predicted molar refractivity (Wildman–Crippen MR) is 60.5 cm³/mol. The first-order chi connectivity index (χ1) is 7.40. The summed E-state index contributed by atoms with van der Waals surface area (Å²) in [5, 5.41) is 1.84.